The number of hydroxylamine groups is 1. The van der Waals surface area contributed by atoms with Gasteiger partial charge in [-0.1, -0.05) is 66.2 Å². The lowest BCUT2D eigenvalue weighted by atomic mass is 10.0. The van der Waals surface area contributed by atoms with Crippen LogP contribution in [0.4, 0.5) is 0 Å². The Hall–Kier alpha value is -1.10. The molecule has 0 aromatic heterocycles. The number of carbonyl (C=O) groups is 1. The van der Waals surface area contributed by atoms with E-state index in [0.717, 1.165) is 25.3 Å². The fourth-order valence-corrected chi connectivity index (χ4v) is 2.82. The van der Waals surface area contributed by atoms with E-state index >= 15 is 0 Å². The van der Waals surface area contributed by atoms with Crippen molar-refractivity contribution in [1.29, 1.82) is 0 Å². The van der Waals surface area contributed by atoms with Crippen molar-refractivity contribution in [2.24, 2.45) is 16.8 Å². The van der Waals surface area contributed by atoms with Gasteiger partial charge >= 0.3 is 0 Å². The van der Waals surface area contributed by atoms with E-state index < -0.39 is 0 Å². The van der Waals surface area contributed by atoms with Crippen molar-refractivity contribution in [2.75, 3.05) is 13.2 Å². The van der Waals surface area contributed by atoms with Gasteiger partial charge in [-0.05, 0) is 18.8 Å². The average Bonchev–Trinajstić information content (AvgIpc) is 3.05. The summed E-state index contributed by atoms with van der Waals surface area (Å²) in [5, 5.41) is 2.78. The number of amidine groups is 1. The van der Waals surface area contributed by atoms with Crippen molar-refractivity contribution < 1.29 is 9.63 Å². The largest absolute Gasteiger partial charge is 0.355 e. The van der Waals surface area contributed by atoms with Crippen molar-refractivity contribution >= 4 is 11.7 Å². The molecule has 0 saturated carbocycles. The van der Waals surface area contributed by atoms with Crippen molar-refractivity contribution in [1.82, 2.24) is 10.8 Å². The van der Waals surface area contributed by atoms with Gasteiger partial charge in [0.25, 0.3) is 0 Å². The molecular weight excluding hydrogens is 302 g/mol. The SMILES string of the molecule is CCC1CONC(C2CCNC2=O)=N1.CCCCCCC(C)CC. The van der Waals surface area contributed by atoms with Crippen LogP contribution in [0.5, 0.6) is 0 Å². The van der Waals surface area contributed by atoms with Crippen molar-refractivity contribution in [2.45, 2.75) is 85.1 Å². The maximum absolute atomic E-state index is 11.4. The van der Waals surface area contributed by atoms with E-state index in [4.69, 9.17) is 4.84 Å². The minimum Gasteiger partial charge on any atom is -0.355 e. The van der Waals surface area contributed by atoms with Crippen LogP contribution in [0.25, 0.3) is 0 Å². The van der Waals surface area contributed by atoms with E-state index in [-0.39, 0.29) is 17.9 Å². The minimum absolute atomic E-state index is 0.0524. The van der Waals surface area contributed by atoms with Crippen LogP contribution in [0.2, 0.25) is 0 Å². The van der Waals surface area contributed by atoms with Gasteiger partial charge in [0.2, 0.25) is 5.91 Å². The number of nitrogens with zero attached hydrogens (tertiary/aromatic N) is 1. The van der Waals surface area contributed by atoms with E-state index in [2.05, 4.69) is 43.5 Å². The maximum atomic E-state index is 11.4. The average molecular weight is 340 g/mol. The fourth-order valence-electron chi connectivity index (χ4n) is 2.82. The highest BCUT2D eigenvalue weighted by atomic mass is 16.6. The van der Waals surface area contributed by atoms with Crippen LogP contribution in [0.3, 0.4) is 0 Å². The van der Waals surface area contributed by atoms with E-state index in [1.54, 1.807) is 0 Å². The van der Waals surface area contributed by atoms with Gasteiger partial charge in [0.1, 0.15) is 5.84 Å². The van der Waals surface area contributed by atoms with Crippen molar-refractivity contribution in [3.63, 3.8) is 0 Å². The van der Waals surface area contributed by atoms with Crippen LogP contribution in [0.15, 0.2) is 4.99 Å². The number of hydrogen-bond donors (Lipinski definition) is 2. The molecule has 0 bridgehead atoms. The molecule has 24 heavy (non-hydrogen) atoms. The number of amides is 1. The highest BCUT2D eigenvalue weighted by Gasteiger charge is 2.31. The summed E-state index contributed by atoms with van der Waals surface area (Å²) in [4.78, 5) is 21.0. The van der Waals surface area contributed by atoms with E-state index in [9.17, 15) is 4.79 Å². The lowest BCUT2D eigenvalue weighted by molar-refractivity contribution is -0.121. The summed E-state index contributed by atoms with van der Waals surface area (Å²) in [7, 11) is 0. The van der Waals surface area contributed by atoms with Crippen molar-refractivity contribution in [3.05, 3.63) is 0 Å². The molecule has 5 nitrogen and oxygen atoms in total. The Kier molecular flexibility index (Phi) is 10.7. The van der Waals surface area contributed by atoms with Gasteiger partial charge in [-0.3, -0.25) is 20.1 Å². The fraction of sp³-hybridized carbons (Fsp3) is 0.895. The number of nitrogens with one attached hydrogen (secondary N) is 2. The van der Waals surface area contributed by atoms with Crippen molar-refractivity contribution in [3.8, 4) is 0 Å². The van der Waals surface area contributed by atoms with Gasteiger partial charge in [0, 0.05) is 6.54 Å². The topological polar surface area (TPSA) is 62.7 Å². The second-order valence-corrected chi connectivity index (χ2v) is 6.98. The molecule has 1 saturated heterocycles. The molecule has 1 fully saturated rings. The summed E-state index contributed by atoms with van der Waals surface area (Å²) in [5.74, 6) is 1.57. The van der Waals surface area contributed by atoms with E-state index in [0.29, 0.717) is 12.4 Å². The zero-order valence-corrected chi connectivity index (χ0v) is 16.1. The molecule has 2 N–H and O–H groups in total. The number of hydrogen-bond acceptors (Lipinski definition) is 4. The Morgan fingerprint density at radius 3 is 2.62 bits per heavy atom. The first kappa shape index (κ1) is 20.9. The third-order valence-electron chi connectivity index (χ3n) is 4.87. The molecule has 5 heteroatoms. The summed E-state index contributed by atoms with van der Waals surface area (Å²) in [6.45, 7) is 10.3. The van der Waals surface area contributed by atoms with Gasteiger partial charge in [0.15, 0.2) is 0 Å². The second kappa shape index (κ2) is 12.3. The second-order valence-electron chi connectivity index (χ2n) is 6.98. The van der Waals surface area contributed by atoms with Crippen LogP contribution < -0.4 is 10.8 Å². The van der Waals surface area contributed by atoms with Crippen LogP contribution >= 0.6 is 0 Å². The molecule has 140 valence electrons. The summed E-state index contributed by atoms with van der Waals surface area (Å²) >= 11 is 0. The van der Waals surface area contributed by atoms with Gasteiger partial charge in [-0.15, -0.1) is 0 Å². The summed E-state index contributed by atoms with van der Waals surface area (Å²) in [5.41, 5.74) is 2.74. The Morgan fingerprint density at radius 2 is 2.04 bits per heavy atom. The highest BCUT2D eigenvalue weighted by molar-refractivity contribution is 6.04. The number of unbranched alkanes of at least 4 members (excludes halogenated alkanes) is 3. The smallest absolute Gasteiger partial charge is 0.230 e. The van der Waals surface area contributed by atoms with Crippen LogP contribution in [0, 0.1) is 11.8 Å². The zero-order chi connectivity index (χ0) is 17.8. The molecule has 3 atom stereocenters. The Balaban J connectivity index is 0.000000257. The quantitative estimate of drug-likeness (QED) is 0.661. The summed E-state index contributed by atoms with van der Waals surface area (Å²) in [6.07, 6.45) is 10.2. The first-order valence-electron chi connectivity index (χ1n) is 9.85. The molecule has 2 aliphatic rings. The summed E-state index contributed by atoms with van der Waals surface area (Å²) < 4.78 is 0. The minimum atomic E-state index is -0.135. The monoisotopic (exact) mass is 339 g/mol. The highest BCUT2D eigenvalue weighted by Crippen LogP contribution is 2.14. The molecule has 2 heterocycles. The number of rotatable bonds is 8. The molecular formula is C19H37N3O2. The predicted octanol–water partition coefficient (Wildman–Crippen LogP) is 3.84. The van der Waals surface area contributed by atoms with Gasteiger partial charge < -0.3 is 5.32 Å². The Morgan fingerprint density at radius 1 is 1.25 bits per heavy atom. The molecule has 0 radical (unpaired) electrons. The van der Waals surface area contributed by atoms with Crippen LogP contribution in [0.1, 0.15) is 79.1 Å². The maximum Gasteiger partial charge on any atom is 0.230 e. The molecule has 2 rings (SSSR count). The first-order chi connectivity index (χ1) is 11.6. The van der Waals surface area contributed by atoms with Gasteiger partial charge in [-0.25, -0.2) is 0 Å². The van der Waals surface area contributed by atoms with Gasteiger partial charge in [-0.2, -0.15) is 0 Å². The van der Waals surface area contributed by atoms with E-state index in [1.165, 1.54) is 38.5 Å². The Labute approximate surface area is 148 Å². The Bertz CT molecular complexity index is 385. The molecule has 0 spiro atoms. The van der Waals surface area contributed by atoms with Crippen LogP contribution in [-0.2, 0) is 9.63 Å². The number of carbonyl (C=O) groups excluding carboxylic acids is 1. The third-order valence-corrected chi connectivity index (χ3v) is 4.87. The normalized spacial score (nSPS) is 24.3. The van der Waals surface area contributed by atoms with Crippen LogP contribution in [-0.4, -0.2) is 30.9 Å². The third kappa shape index (κ3) is 7.65. The van der Waals surface area contributed by atoms with E-state index in [1.807, 2.05) is 0 Å². The molecule has 0 aromatic carbocycles. The molecule has 3 unspecified atom stereocenters. The van der Waals surface area contributed by atoms with Gasteiger partial charge in [0.05, 0.1) is 18.6 Å². The molecule has 0 aliphatic carbocycles. The zero-order valence-electron chi connectivity index (χ0n) is 16.1. The molecule has 2 aliphatic heterocycles. The molecule has 0 aromatic rings. The standard InChI is InChI=1S/C10H22.C9H15N3O2/c1-4-6-7-8-9-10(3)5-2;1-2-6-5-14-12-8(11-6)7-3-4-10-9(7)13/h10H,4-9H2,1-3H3;6-7H,2-5H2,1H3,(H,10,13)(H,11,12). The summed E-state index contributed by atoms with van der Waals surface area (Å²) in [6, 6.07) is 0.194. The lowest BCUT2D eigenvalue weighted by Gasteiger charge is -2.22. The predicted molar refractivity (Wildman–Crippen MR) is 99.9 cm³/mol. The molecule has 1 amide bonds. The first-order valence-corrected chi connectivity index (χ1v) is 9.85. The number of aliphatic imine (C=N–C) groups is 1. The lowest BCUT2D eigenvalue weighted by Crippen LogP contribution is -2.41.